The lowest BCUT2D eigenvalue weighted by molar-refractivity contribution is -0.147. The molecule has 2 aliphatic rings. The summed E-state index contributed by atoms with van der Waals surface area (Å²) in [6, 6.07) is 7.99. The molecule has 1 saturated carbocycles. The van der Waals surface area contributed by atoms with Crippen LogP contribution in [0, 0.1) is 12.8 Å². The lowest BCUT2D eigenvalue weighted by atomic mass is 9.71. The van der Waals surface area contributed by atoms with Crippen LogP contribution >= 0.6 is 0 Å². The third-order valence-corrected chi connectivity index (χ3v) is 5.26. The molecule has 5 heteroatoms. The molecule has 2 N–H and O–H groups in total. The second kappa shape index (κ2) is 6.32. The second-order valence-corrected chi connectivity index (χ2v) is 6.69. The number of nitrogens with one attached hydrogen (secondary N) is 1. The lowest BCUT2D eigenvalue weighted by Crippen LogP contribution is -2.55. The van der Waals surface area contributed by atoms with Crippen molar-refractivity contribution in [3.05, 3.63) is 35.4 Å². The van der Waals surface area contributed by atoms with Crippen molar-refractivity contribution in [3.8, 4) is 0 Å². The van der Waals surface area contributed by atoms with E-state index in [9.17, 15) is 9.59 Å². The maximum atomic E-state index is 13.0. The van der Waals surface area contributed by atoms with E-state index in [2.05, 4.69) is 5.32 Å². The monoisotopic (exact) mass is 317 g/mol. The number of ether oxygens (including phenoxy) is 1. The van der Waals surface area contributed by atoms with Crippen molar-refractivity contribution in [2.24, 2.45) is 5.92 Å². The third-order valence-electron chi connectivity index (χ3n) is 5.26. The molecule has 23 heavy (non-hydrogen) atoms. The average molecular weight is 317 g/mol. The topological polar surface area (TPSA) is 75.6 Å². The predicted molar refractivity (Wildman–Crippen MR) is 85.2 cm³/mol. The fourth-order valence-electron chi connectivity index (χ4n) is 3.71. The van der Waals surface area contributed by atoms with Crippen molar-refractivity contribution < 1.29 is 19.4 Å². The van der Waals surface area contributed by atoms with Gasteiger partial charge in [-0.3, -0.25) is 9.59 Å². The van der Waals surface area contributed by atoms with Crippen LogP contribution in [0.15, 0.2) is 24.3 Å². The largest absolute Gasteiger partial charge is 0.481 e. The Balaban J connectivity index is 1.78. The Morgan fingerprint density at radius 2 is 1.87 bits per heavy atom. The second-order valence-electron chi connectivity index (χ2n) is 6.69. The maximum Gasteiger partial charge on any atom is 0.306 e. The normalized spacial score (nSPS) is 26.1. The van der Waals surface area contributed by atoms with Gasteiger partial charge in [-0.1, -0.05) is 24.3 Å². The van der Waals surface area contributed by atoms with Crippen LogP contribution in [-0.4, -0.2) is 36.2 Å². The Labute approximate surface area is 136 Å². The number of carboxylic acid groups (broad SMARTS) is 1. The van der Waals surface area contributed by atoms with Crippen LogP contribution in [-0.2, 0) is 19.7 Å². The summed E-state index contributed by atoms with van der Waals surface area (Å²) in [6.45, 7) is 3.18. The van der Waals surface area contributed by atoms with Crippen molar-refractivity contribution in [1.82, 2.24) is 5.32 Å². The van der Waals surface area contributed by atoms with Crippen LogP contribution in [0.1, 0.15) is 36.8 Å². The summed E-state index contributed by atoms with van der Waals surface area (Å²) in [6.07, 6.45) is 2.39. The molecule has 1 aliphatic heterocycles. The summed E-state index contributed by atoms with van der Waals surface area (Å²) in [4.78, 5) is 24.0. The molecule has 1 saturated heterocycles. The molecule has 2 fully saturated rings. The van der Waals surface area contributed by atoms with Gasteiger partial charge in [0.1, 0.15) is 0 Å². The minimum atomic E-state index is -0.768. The van der Waals surface area contributed by atoms with Gasteiger partial charge in [0.2, 0.25) is 5.91 Å². The summed E-state index contributed by atoms with van der Waals surface area (Å²) in [5, 5.41) is 12.0. The Kier molecular flexibility index (Phi) is 4.39. The number of hydrogen-bond acceptors (Lipinski definition) is 3. The third kappa shape index (κ3) is 2.98. The van der Waals surface area contributed by atoms with Crippen LogP contribution < -0.4 is 5.32 Å². The minimum absolute atomic E-state index is 0.0175. The van der Waals surface area contributed by atoms with E-state index in [0.717, 1.165) is 11.1 Å². The van der Waals surface area contributed by atoms with Gasteiger partial charge in [0.05, 0.1) is 11.3 Å². The van der Waals surface area contributed by atoms with Gasteiger partial charge in [-0.2, -0.15) is 0 Å². The number of carbonyl (C=O) groups is 2. The Morgan fingerprint density at radius 1 is 1.22 bits per heavy atom. The van der Waals surface area contributed by atoms with Crippen LogP contribution in [0.5, 0.6) is 0 Å². The van der Waals surface area contributed by atoms with Gasteiger partial charge in [-0.15, -0.1) is 0 Å². The number of rotatable bonds is 4. The number of aliphatic carboxylic acids is 1. The SMILES string of the molecule is Cc1ccccc1C1(C(=O)NC2CC(C(=O)O)C2)CCOCC1. The highest BCUT2D eigenvalue weighted by Crippen LogP contribution is 2.38. The highest BCUT2D eigenvalue weighted by molar-refractivity contribution is 5.89. The standard InChI is InChI=1S/C18H23NO4/c1-12-4-2-3-5-15(12)18(6-8-23-9-7-18)17(22)19-14-10-13(11-14)16(20)21/h2-5,13-14H,6-11H2,1H3,(H,19,22)(H,20,21). The van der Waals surface area contributed by atoms with Gasteiger partial charge < -0.3 is 15.2 Å². The van der Waals surface area contributed by atoms with E-state index < -0.39 is 11.4 Å². The van der Waals surface area contributed by atoms with E-state index in [1.54, 1.807) is 0 Å². The summed E-state index contributed by atoms with van der Waals surface area (Å²) >= 11 is 0. The molecule has 1 aromatic rings. The molecule has 1 heterocycles. The first-order chi connectivity index (χ1) is 11.0. The van der Waals surface area contributed by atoms with Crippen molar-refractivity contribution in [2.75, 3.05) is 13.2 Å². The maximum absolute atomic E-state index is 13.0. The number of carbonyl (C=O) groups excluding carboxylic acids is 1. The zero-order chi connectivity index (χ0) is 16.4. The van der Waals surface area contributed by atoms with Crippen LogP contribution in [0.25, 0.3) is 0 Å². The van der Waals surface area contributed by atoms with Crippen molar-refractivity contribution >= 4 is 11.9 Å². The molecule has 0 aromatic heterocycles. The summed E-state index contributed by atoms with van der Waals surface area (Å²) in [5.74, 6) is -1.07. The van der Waals surface area contributed by atoms with Crippen LogP contribution in [0.2, 0.25) is 0 Å². The molecular weight excluding hydrogens is 294 g/mol. The van der Waals surface area contributed by atoms with Crippen molar-refractivity contribution in [1.29, 1.82) is 0 Å². The first-order valence-corrected chi connectivity index (χ1v) is 8.20. The van der Waals surface area contributed by atoms with Gasteiger partial charge in [-0.05, 0) is 43.7 Å². The van der Waals surface area contributed by atoms with E-state index in [0.29, 0.717) is 38.9 Å². The number of aryl methyl sites for hydroxylation is 1. The van der Waals surface area contributed by atoms with Crippen LogP contribution in [0.3, 0.4) is 0 Å². The number of carboxylic acids is 1. The van der Waals surface area contributed by atoms with E-state index in [-0.39, 0.29) is 17.9 Å². The first-order valence-electron chi connectivity index (χ1n) is 8.20. The van der Waals surface area contributed by atoms with Gasteiger partial charge in [0.25, 0.3) is 0 Å². The fraction of sp³-hybridized carbons (Fsp3) is 0.556. The fourth-order valence-corrected chi connectivity index (χ4v) is 3.71. The van der Waals surface area contributed by atoms with E-state index in [4.69, 9.17) is 9.84 Å². The molecular formula is C18H23NO4. The van der Waals surface area contributed by atoms with E-state index in [1.807, 2.05) is 31.2 Å². The number of benzene rings is 1. The van der Waals surface area contributed by atoms with Gasteiger partial charge >= 0.3 is 5.97 Å². The van der Waals surface area contributed by atoms with E-state index in [1.165, 1.54) is 0 Å². The minimum Gasteiger partial charge on any atom is -0.481 e. The predicted octanol–water partition coefficient (Wildman–Crippen LogP) is 2.02. The zero-order valence-electron chi connectivity index (χ0n) is 13.4. The molecule has 3 rings (SSSR count). The molecule has 0 spiro atoms. The van der Waals surface area contributed by atoms with E-state index >= 15 is 0 Å². The average Bonchev–Trinajstić information content (AvgIpc) is 2.51. The lowest BCUT2D eigenvalue weighted by Gasteiger charge is -2.41. The zero-order valence-corrected chi connectivity index (χ0v) is 13.4. The Bertz CT molecular complexity index is 601. The van der Waals surface area contributed by atoms with Crippen LogP contribution in [0.4, 0.5) is 0 Å². The molecule has 1 aliphatic carbocycles. The smallest absolute Gasteiger partial charge is 0.306 e. The Morgan fingerprint density at radius 3 is 2.48 bits per heavy atom. The molecule has 124 valence electrons. The summed E-state index contributed by atoms with van der Waals surface area (Å²) < 4.78 is 5.47. The first kappa shape index (κ1) is 16.0. The van der Waals surface area contributed by atoms with Gasteiger partial charge in [-0.25, -0.2) is 0 Å². The molecule has 1 amide bonds. The summed E-state index contributed by atoms with van der Waals surface area (Å²) in [7, 11) is 0. The highest BCUT2D eigenvalue weighted by Gasteiger charge is 2.45. The Hall–Kier alpha value is -1.88. The summed E-state index contributed by atoms with van der Waals surface area (Å²) in [5.41, 5.74) is 1.62. The molecule has 0 unspecified atom stereocenters. The highest BCUT2D eigenvalue weighted by atomic mass is 16.5. The van der Waals surface area contributed by atoms with Gasteiger partial charge in [0.15, 0.2) is 0 Å². The molecule has 0 atom stereocenters. The molecule has 1 aromatic carbocycles. The van der Waals surface area contributed by atoms with Gasteiger partial charge in [0, 0.05) is 19.3 Å². The number of hydrogen-bond donors (Lipinski definition) is 2. The van der Waals surface area contributed by atoms with Crippen molar-refractivity contribution in [2.45, 2.75) is 44.1 Å². The van der Waals surface area contributed by atoms with Crippen molar-refractivity contribution in [3.63, 3.8) is 0 Å². The molecule has 0 bridgehead atoms. The number of amides is 1. The molecule has 0 radical (unpaired) electrons. The quantitative estimate of drug-likeness (QED) is 0.891. The molecule has 5 nitrogen and oxygen atoms in total.